The predicted molar refractivity (Wildman–Crippen MR) is 57.3 cm³/mol. The SMILES string of the molecule is C=C/C=C(C#N)\C(=C/C)OCCCN. The van der Waals surface area contributed by atoms with Crippen molar-refractivity contribution < 1.29 is 4.74 Å². The van der Waals surface area contributed by atoms with Gasteiger partial charge in [0.1, 0.15) is 11.8 Å². The Balaban J connectivity index is 4.34. The summed E-state index contributed by atoms with van der Waals surface area (Å²) in [5, 5.41) is 8.80. The number of allylic oxidation sites excluding steroid dienone is 4. The molecule has 0 aromatic heterocycles. The van der Waals surface area contributed by atoms with E-state index in [0.29, 0.717) is 24.5 Å². The number of nitrogens with zero attached hydrogens (tertiary/aromatic N) is 1. The molecule has 0 unspecified atom stereocenters. The summed E-state index contributed by atoms with van der Waals surface area (Å²) >= 11 is 0. The summed E-state index contributed by atoms with van der Waals surface area (Å²) in [7, 11) is 0. The van der Waals surface area contributed by atoms with Gasteiger partial charge in [0.2, 0.25) is 0 Å². The minimum Gasteiger partial charge on any atom is -0.493 e. The molecule has 0 aliphatic rings. The third-order valence-electron chi connectivity index (χ3n) is 1.54. The Morgan fingerprint density at radius 2 is 2.36 bits per heavy atom. The van der Waals surface area contributed by atoms with Crippen LogP contribution in [0.1, 0.15) is 13.3 Å². The minimum atomic E-state index is 0.486. The van der Waals surface area contributed by atoms with E-state index in [9.17, 15) is 0 Å². The average molecular weight is 192 g/mol. The smallest absolute Gasteiger partial charge is 0.132 e. The van der Waals surface area contributed by atoms with Crippen LogP contribution in [0.5, 0.6) is 0 Å². The van der Waals surface area contributed by atoms with Crippen LogP contribution in [0.15, 0.2) is 36.1 Å². The Hall–Kier alpha value is -1.53. The highest BCUT2D eigenvalue weighted by molar-refractivity contribution is 5.40. The van der Waals surface area contributed by atoms with Gasteiger partial charge in [-0.25, -0.2) is 0 Å². The van der Waals surface area contributed by atoms with Crippen LogP contribution < -0.4 is 5.73 Å². The van der Waals surface area contributed by atoms with Crippen LogP contribution in [-0.2, 0) is 4.74 Å². The highest BCUT2D eigenvalue weighted by Crippen LogP contribution is 2.10. The molecule has 14 heavy (non-hydrogen) atoms. The van der Waals surface area contributed by atoms with E-state index in [1.54, 1.807) is 18.2 Å². The van der Waals surface area contributed by atoms with Crippen LogP contribution in [0.25, 0.3) is 0 Å². The van der Waals surface area contributed by atoms with Gasteiger partial charge >= 0.3 is 0 Å². The monoisotopic (exact) mass is 192 g/mol. The van der Waals surface area contributed by atoms with Gasteiger partial charge in [-0.2, -0.15) is 5.26 Å². The van der Waals surface area contributed by atoms with Crippen molar-refractivity contribution in [3.8, 4) is 6.07 Å². The van der Waals surface area contributed by atoms with E-state index in [2.05, 4.69) is 6.58 Å². The first-order valence-corrected chi connectivity index (χ1v) is 4.52. The van der Waals surface area contributed by atoms with Gasteiger partial charge in [0, 0.05) is 0 Å². The Morgan fingerprint density at radius 3 is 2.79 bits per heavy atom. The molecule has 3 nitrogen and oxygen atoms in total. The van der Waals surface area contributed by atoms with E-state index in [4.69, 9.17) is 15.7 Å². The molecule has 0 atom stereocenters. The molecule has 0 radical (unpaired) electrons. The van der Waals surface area contributed by atoms with Gasteiger partial charge in [-0.3, -0.25) is 0 Å². The number of ether oxygens (including phenoxy) is 1. The first-order valence-electron chi connectivity index (χ1n) is 4.52. The summed E-state index contributed by atoms with van der Waals surface area (Å²) in [5.41, 5.74) is 5.81. The summed E-state index contributed by atoms with van der Waals surface area (Å²) in [5.74, 6) is 0.584. The average Bonchev–Trinajstić information content (AvgIpc) is 2.22. The molecule has 0 saturated carbocycles. The molecule has 0 aliphatic carbocycles. The summed E-state index contributed by atoms with van der Waals surface area (Å²) in [4.78, 5) is 0. The fourth-order valence-corrected chi connectivity index (χ4v) is 0.874. The van der Waals surface area contributed by atoms with Crippen LogP contribution >= 0.6 is 0 Å². The zero-order valence-electron chi connectivity index (χ0n) is 8.49. The van der Waals surface area contributed by atoms with Crippen molar-refractivity contribution in [3.63, 3.8) is 0 Å². The maximum absolute atomic E-state index is 8.80. The Kier molecular flexibility index (Phi) is 7.20. The number of hydrogen-bond acceptors (Lipinski definition) is 3. The maximum Gasteiger partial charge on any atom is 0.132 e. The second-order valence-corrected chi connectivity index (χ2v) is 2.57. The maximum atomic E-state index is 8.80. The predicted octanol–water partition coefficient (Wildman–Crippen LogP) is 1.89. The van der Waals surface area contributed by atoms with Crippen molar-refractivity contribution in [1.82, 2.24) is 0 Å². The van der Waals surface area contributed by atoms with Crippen molar-refractivity contribution in [1.29, 1.82) is 5.26 Å². The largest absolute Gasteiger partial charge is 0.493 e. The van der Waals surface area contributed by atoms with Crippen LogP contribution in [0, 0.1) is 11.3 Å². The third-order valence-corrected chi connectivity index (χ3v) is 1.54. The van der Waals surface area contributed by atoms with Crippen molar-refractivity contribution in [2.75, 3.05) is 13.2 Å². The number of nitriles is 1. The fourth-order valence-electron chi connectivity index (χ4n) is 0.874. The molecule has 0 saturated heterocycles. The Morgan fingerprint density at radius 1 is 1.64 bits per heavy atom. The molecule has 0 bridgehead atoms. The summed E-state index contributed by atoms with van der Waals surface area (Å²) in [6.07, 6.45) is 5.73. The van der Waals surface area contributed by atoms with Gasteiger partial charge in [0.25, 0.3) is 0 Å². The number of rotatable bonds is 6. The van der Waals surface area contributed by atoms with E-state index in [1.807, 2.05) is 13.0 Å². The Labute approximate surface area is 85.2 Å². The molecular weight excluding hydrogens is 176 g/mol. The molecule has 0 aromatic rings. The Bertz CT molecular complexity index is 272. The highest BCUT2D eigenvalue weighted by atomic mass is 16.5. The van der Waals surface area contributed by atoms with Gasteiger partial charge in [0.05, 0.1) is 12.2 Å². The van der Waals surface area contributed by atoms with E-state index in [1.165, 1.54) is 0 Å². The molecule has 0 aliphatic heterocycles. The summed E-state index contributed by atoms with van der Waals surface area (Å²) in [6, 6.07) is 2.05. The second kappa shape index (κ2) is 8.09. The third kappa shape index (κ3) is 4.48. The normalized spacial score (nSPS) is 12.1. The number of nitrogens with two attached hydrogens (primary N) is 1. The number of hydrogen-bond donors (Lipinski definition) is 1. The van der Waals surface area contributed by atoms with E-state index in [-0.39, 0.29) is 0 Å². The first kappa shape index (κ1) is 12.5. The molecule has 0 heterocycles. The molecule has 0 rings (SSSR count). The van der Waals surface area contributed by atoms with E-state index in [0.717, 1.165) is 6.42 Å². The topological polar surface area (TPSA) is 59.0 Å². The lowest BCUT2D eigenvalue weighted by Gasteiger charge is -2.07. The van der Waals surface area contributed by atoms with Crippen molar-refractivity contribution in [2.45, 2.75) is 13.3 Å². The lowest BCUT2D eigenvalue weighted by molar-refractivity contribution is 0.219. The quantitative estimate of drug-likeness (QED) is 0.302. The molecule has 0 aromatic carbocycles. The first-order chi connectivity index (χ1) is 6.79. The highest BCUT2D eigenvalue weighted by Gasteiger charge is 2.02. The standard InChI is InChI=1S/C11H16N2O/c1-3-6-10(9-13)11(4-2)14-8-5-7-12/h3-4,6H,1,5,7-8,12H2,2H3/b10-6-,11-4+. The zero-order chi connectivity index (χ0) is 10.8. The van der Waals surface area contributed by atoms with Gasteiger partial charge < -0.3 is 10.5 Å². The molecular formula is C11H16N2O. The van der Waals surface area contributed by atoms with E-state index < -0.39 is 0 Å². The minimum absolute atomic E-state index is 0.486. The second-order valence-electron chi connectivity index (χ2n) is 2.57. The molecule has 0 fully saturated rings. The van der Waals surface area contributed by atoms with Gasteiger partial charge in [0.15, 0.2) is 0 Å². The van der Waals surface area contributed by atoms with E-state index >= 15 is 0 Å². The molecule has 76 valence electrons. The fraction of sp³-hybridized carbons (Fsp3) is 0.364. The summed E-state index contributed by atoms with van der Waals surface area (Å²) in [6.45, 7) is 6.48. The lowest BCUT2D eigenvalue weighted by Crippen LogP contribution is -2.05. The van der Waals surface area contributed by atoms with Crippen molar-refractivity contribution in [2.24, 2.45) is 5.73 Å². The molecule has 0 amide bonds. The summed E-state index contributed by atoms with van der Waals surface area (Å²) < 4.78 is 5.38. The van der Waals surface area contributed by atoms with Gasteiger partial charge in [-0.15, -0.1) is 0 Å². The molecule has 0 spiro atoms. The van der Waals surface area contributed by atoms with Crippen LogP contribution in [-0.4, -0.2) is 13.2 Å². The molecule has 3 heteroatoms. The zero-order valence-corrected chi connectivity index (χ0v) is 8.49. The van der Waals surface area contributed by atoms with Crippen molar-refractivity contribution >= 4 is 0 Å². The van der Waals surface area contributed by atoms with Gasteiger partial charge in [-0.1, -0.05) is 12.7 Å². The lowest BCUT2D eigenvalue weighted by atomic mass is 10.2. The molecule has 2 N–H and O–H groups in total. The van der Waals surface area contributed by atoms with Crippen LogP contribution in [0.3, 0.4) is 0 Å². The van der Waals surface area contributed by atoms with Crippen LogP contribution in [0.2, 0.25) is 0 Å². The van der Waals surface area contributed by atoms with Crippen molar-refractivity contribution in [3.05, 3.63) is 36.1 Å². The van der Waals surface area contributed by atoms with Gasteiger partial charge in [-0.05, 0) is 32.0 Å². The van der Waals surface area contributed by atoms with Crippen LogP contribution in [0.4, 0.5) is 0 Å².